The molecule has 1 aromatic carbocycles. The summed E-state index contributed by atoms with van der Waals surface area (Å²) in [5.74, 6) is 0. The van der Waals surface area contributed by atoms with Crippen LogP contribution in [0.15, 0.2) is 54.7 Å². The molecule has 0 atom stereocenters. The van der Waals surface area contributed by atoms with Gasteiger partial charge in [0.15, 0.2) is 0 Å². The van der Waals surface area contributed by atoms with Crippen LogP contribution in [0.4, 0.5) is 0 Å². The molecule has 0 radical (unpaired) electrons. The van der Waals surface area contributed by atoms with Crippen molar-refractivity contribution < 1.29 is 0 Å². The summed E-state index contributed by atoms with van der Waals surface area (Å²) in [6.07, 6.45) is 1.77. The molecule has 23 heavy (non-hydrogen) atoms. The molecule has 0 spiro atoms. The van der Waals surface area contributed by atoms with E-state index in [0.29, 0.717) is 0 Å². The average molecular weight is 325 g/mol. The van der Waals surface area contributed by atoms with Crippen molar-refractivity contribution in [2.75, 3.05) is 6.54 Å². The van der Waals surface area contributed by atoms with Gasteiger partial charge in [0.1, 0.15) is 5.69 Å². The molecule has 1 aliphatic rings. The van der Waals surface area contributed by atoms with Gasteiger partial charge in [-0.15, -0.1) is 0 Å². The van der Waals surface area contributed by atoms with Gasteiger partial charge in [0.2, 0.25) is 0 Å². The van der Waals surface area contributed by atoms with Crippen molar-refractivity contribution >= 4 is 11.6 Å². The van der Waals surface area contributed by atoms with Crippen LogP contribution in [-0.2, 0) is 19.6 Å². The van der Waals surface area contributed by atoms with E-state index in [1.807, 2.05) is 28.9 Å². The van der Waals surface area contributed by atoms with E-state index in [4.69, 9.17) is 11.6 Å². The number of benzene rings is 1. The summed E-state index contributed by atoms with van der Waals surface area (Å²) >= 11 is 6.60. The molecule has 0 fully saturated rings. The number of hydrogen-bond acceptors (Lipinski definition) is 3. The fourth-order valence-corrected chi connectivity index (χ4v) is 3.27. The van der Waals surface area contributed by atoms with Gasteiger partial charge in [0, 0.05) is 25.8 Å². The van der Waals surface area contributed by atoms with Gasteiger partial charge in [0.25, 0.3) is 0 Å². The minimum Gasteiger partial charge on any atom is -0.291 e. The predicted octanol–water partition coefficient (Wildman–Crippen LogP) is 3.61. The van der Waals surface area contributed by atoms with Gasteiger partial charge in [-0.05, 0) is 17.7 Å². The van der Waals surface area contributed by atoms with Crippen LogP contribution in [0.2, 0.25) is 5.02 Å². The first-order valence-electron chi connectivity index (χ1n) is 7.74. The largest absolute Gasteiger partial charge is 0.291 e. The highest BCUT2D eigenvalue weighted by Gasteiger charge is 2.24. The van der Waals surface area contributed by atoms with Crippen molar-refractivity contribution in [3.63, 3.8) is 0 Å². The molecule has 3 heterocycles. The molecule has 0 saturated carbocycles. The van der Waals surface area contributed by atoms with E-state index in [1.165, 1.54) is 5.56 Å². The maximum Gasteiger partial charge on any atom is 0.130 e. The van der Waals surface area contributed by atoms with Crippen LogP contribution in [0.3, 0.4) is 0 Å². The zero-order valence-electron chi connectivity index (χ0n) is 12.7. The van der Waals surface area contributed by atoms with Gasteiger partial charge < -0.3 is 0 Å². The Bertz CT molecular complexity index is 799. The van der Waals surface area contributed by atoms with Crippen molar-refractivity contribution in [2.24, 2.45) is 0 Å². The van der Waals surface area contributed by atoms with Crippen molar-refractivity contribution in [1.29, 1.82) is 0 Å². The molecular formula is C18H17ClN4. The Balaban J connectivity index is 1.59. The van der Waals surface area contributed by atoms with Crippen LogP contribution in [0.1, 0.15) is 11.3 Å². The highest BCUT2D eigenvalue weighted by molar-refractivity contribution is 6.33. The smallest absolute Gasteiger partial charge is 0.130 e. The molecule has 0 aliphatic carbocycles. The Labute approximate surface area is 140 Å². The topological polar surface area (TPSA) is 34.0 Å². The fraction of sp³-hybridized carbons (Fsp3) is 0.222. The van der Waals surface area contributed by atoms with E-state index in [-0.39, 0.29) is 0 Å². The normalized spacial score (nSPS) is 14.7. The molecule has 116 valence electrons. The summed E-state index contributed by atoms with van der Waals surface area (Å²) in [6, 6.07) is 16.3. The van der Waals surface area contributed by atoms with E-state index >= 15 is 0 Å². The molecule has 0 bridgehead atoms. The Kier molecular flexibility index (Phi) is 3.85. The minimum atomic E-state index is 0.724. The minimum absolute atomic E-state index is 0.724. The van der Waals surface area contributed by atoms with Crippen LogP contribution in [0.5, 0.6) is 0 Å². The van der Waals surface area contributed by atoms with Gasteiger partial charge in [-0.2, -0.15) is 5.10 Å². The number of nitrogens with zero attached hydrogens (tertiary/aromatic N) is 4. The number of hydrogen-bond donors (Lipinski definition) is 0. The Hall–Kier alpha value is -2.17. The van der Waals surface area contributed by atoms with Crippen LogP contribution in [-0.4, -0.2) is 26.2 Å². The summed E-state index contributed by atoms with van der Waals surface area (Å²) < 4.78 is 2.02. The summed E-state index contributed by atoms with van der Waals surface area (Å²) in [5.41, 5.74) is 4.01. The molecule has 3 aromatic rings. The highest BCUT2D eigenvalue weighted by Crippen LogP contribution is 2.31. The lowest BCUT2D eigenvalue weighted by atomic mass is 10.2. The Morgan fingerprint density at radius 1 is 1.00 bits per heavy atom. The van der Waals surface area contributed by atoms with E-state index in [0.717, 1.165) is 48.3 Å². The lowest BCUT2D eigenvalue weighted by molar-refractivity contribution is 0.205. The van der Waals surface area contributed by atoms with Crippen LogP contribution in [0, 0.1) is 0 Å². The van der Waals surface area contributed by atoms with Gasteiger partial charge in [0.05, 0.1) is 23.0 Å². The molecule has 0 amide bonds. The fourth-order valence-electron chi connectivity index (χ4n) is 2.98. The van der Waals surface area contributed by atoms with Crippen LogP contribution >= 0.6 is 11.6 Å². The second-order valence-electron chi connectivity index (χ2n) is 5.74. The predicted molar refractivity (Wildman–Crippen MR) is 91.0 cm³/mol. The quantitative estimate of drug-likeness (QED) is 0.738. The third-order valence-electron chi connectivity index (χ3n) is 4.15. The number of rotatable bonds is 3. The first-order chi connectivity index (χ1) is 11.3. The van der Waals surface area contributed by atoms with Crippen molar-refractivity contribution in [3.05, 3.63) is 71.0 Å². The zero-order chi connectivity index (χ0) is 15.6. The molecule has 2 aromatic heterocycles. The van der Waals surface area contributed by atoms with Crippen molar-refractivity contribution in [1.82, 2.24) is 19.7 Å². The number of halogens is 1. The maximum absolute atomic E-state index is 6.60. The SMILES string of the molecule is Clc1c(-c2ccccn2)nn2c1CN(Cc1ccccc1)CC2. The lowest BCUT2D eigenvalue weighted by Crippen LogP contribution is -2.33. The summed E-state index contributed by atoms with van der Waals surface area (Å²) in [4.78, 5) is 6.77. The zero-order valence-corrected chi connectivity index (χ0v) is 13.4. The highest BCUT2D eigenvalue weighted by atomic mass is 35.5. The maximum atomic E-state index is 6.60. The van der Waals surface area contributed by atoms with Crippen LogP contribution < -0.4 is 0 Å². The first-order valence-corrected chi connectivity index (χ1v) is 8.12. The standard InChI is InChI=1S/C18H17ClN4/c19-17-16-13-22(12-14-6-2-1-3-7-14)10-11-23(16)21-18(17)15-8-4-5-9-20-15/h1-9H,10-13H2. The van der Waals surface area contributed by atoms with Crippen LogP contribution in [0.25, 0.3) is 11.4 Å². The number of fused-ring (bicyclic) bond motifs is 1. The summed E-state index contributed by atoms with van der Waals surface area (Å²) in [6.45, 7) is 3.57. The van der Waals surface area contributed by atoms with Crippen molar-refractivity contribution in [2.45, 2.75) is 19.6 Å². The van der Waals surface area contributed by atoms with E-state index in [2.05, 4.69) is 39.2 Å². The van der Waals surface area contributed by atoms with E-state index < -0.39 is 0 Å². The Morgan fingerprint density at radius 3 is 2.61 bits per heavy atom. The second-order valence-corrected chi connectivity index (χ2v) is 6.12. The first kappa shape index (κ1) is 14.4. The third-order valence-corrected chi connectivity index (χ3v) is 4.55. The molecule has 0 N–H and O–H groups in total. The molecular weight excluding hydrogens is 308 g/mol. The molecule has 1 aliphatic heterocycles. The van der Waals surface area contributed by atoms with Gasteiger partial charge in [-0.3, -0.25) is 14.6 Å². The lowest BCUT2D eigenvalue weighted by Gasteiger charge is -2.27. The Morgan fingerprint density at radius 2 is 1.83 bits per heavy atom. The average Bonchev–Trinajstić information content (AvgIpc) is 2.93. The molecule has 4 rings (SSSR count). The van der Waals surface area contributed by atoms with Gasteiger partial charge >= 0.3 is 0 Å². The molecule has 0 unspecified atom stereocenters. The van der Waals surface area contributed by atoms with E-state index in [9.17, 15) is 0 Å². The van der Waals surface area contributed by atoms with Gasteiger partial charge in [-0.1, -0.05) is 48.0 Å². The third kappa shape index (κ3) is 2.87. The summed E-state index contributed by atoms with van der Waals surface area (Å²) in [5, 5.41) is 5.38. The monoisotopic (exact) mass is 324 g/mol. The molecule has 0 saturated heterocycles. The van der Waals surface area contributed by atoms with E-state index in [1.54, 1.807) is 6.20 Å². The number of aromatic nitrogens is 3. The molecule has 5 heteroatoms. The summed E-state index contributed by atoms with van der Waals surface area (Å²) in [7, 11) is 0. The molecule has 4 nitrogen and oxygen atoms in total. The number of pyridine rings is 1. The van der Waals surface area contributed by atoms with Gasteiger partial charge in [-0.25, -0.2) is 0 Å². The second kappa shape index (κ2) is 6.14. The van der Waals surface area contributed by atoms with Crippen molar-refractivity contribution in [3.8, 4) is 11.4 Å².